The molecule has 2 N–H and O–H groups in total. The van der Waals surface area contributed by atoms with Gasteiger partial charge in [-0.2, -0.15) is 0 Å². The van der Waals surface area contributed by atoms with E-state index in [0.29, 0.717) is 11.5 Å². The minimum absolute atomic E-state index is 0.0490. The summed E-state index contributed by atoms with van der Waals surface area (Å²) in [7, 11) is 1.49. The number of carbonyl (C=O) groups excluding carboxylic acids is 1. The lowest BCUT2D eigenvalue weighted by Crippen LogP contribution is -2.54. The zero-order chi connectivity index (χ0) is 16.9. The van der Waals surface area contributed by atoms with E-state index in [1.807, 2.05) is 0 Å². The number of piperidine rings is 1. The monoisotopic (exact) mass is 323 g/mol. The van der Waals surface area contributed by atoms with Crippen molar-refractivity contribution >= 4 is 11.9 Å². The second-order valence-electron chi connectivity index (χ2n) is 5.41. The highest BCUT2D eigenvalue weighted by Crippen LogP contribution is 2.34. The number of methoxy groups -OCH3 is 1. The third-order valence-corrected chi connectivity index (χ3v) is 4.01. The Kier molecular flexibility index (Phi) is 5.44. The highest BCUT2D eigenvalue weighted by molar-refractivity contribution is 5.80. The van der Waals surface area contributed by atoms with Gasteiger partial charge in [0.15, 0.2) is 11.5 Å². The fourth-order valence-corrected chi connectivity index (χ4v) is 2.64. The molecule has 23 heavy (non-hydrogen) atoms. The third kappa shape index (κ3) is 3.73. The summed E-state index contributed by atoms with van der Waals surface area (Å²) in [6.45, 7) is 0.345. The number of benzene rings is 1. The molecule has 1 fully saturated rings. The van der Waals surface area contributed by atoms with E-state index < -0.39 is 11.6 Å². The van der Waals surface area contributed by atoms with E-state index in [9.17, 15) is 14.7 Å². The summed E-state index contributed by atoms with van der Waals surface area (Å²) >= 11 is 0. The number of nitrogens with zero attached hydrogens (tertiary/aromatic N) is 1. The molecule has 1 aromatic rings. The lowest BCUT2D eigenvalue weighted by atomic mass is 9.90. The number of amides is 1. The van der Waals surface area contributed by atoms with Gasteiger partial charge in [-0.25, -0.2) is 4.79 Å². The van der Waals surface area contributed by atoms with E-state index in [-0.39, 0.29) is 44.9 Å². The molecule has 0 bridgehead atoms. The Labute approximate surface area is 134 Å². The van der Waals surface area contributed by atoms with Crippen LogP contribution in [0.5, 0.6) is 11.5 Å². The topological polar surface area (TPSA) is 96.3 Å². The van der Waals surface area contributed by atoms with Crippen LogP contribution in [0.1, 0.15) is 19.3 Å². The number of hydrogen-bond donors (Lipinski definition) is 2. The maximum atomic E-state index is 11.8. The Morgan fingerprint density at radius 3 is 2.35 bits per heavy atom. The second-order valence-corrected chi connectivity index (χ2v) is 5.41. The van der Waals surface area contributed by atoms with Gasteiger partial charge in [-0.1, -0.05) is 12.1 Å². The van der Waals surface area contributed by atoms with Crippen LogP contribution in [0.2, 0.25) is 0 Å². The molecule has 0 aliphatic carbocycles. The molecule has 7 heteroatoms. The Morgan fingerprint density at radius 2 is 1.83 bits per heavy atom. The van der Waals surface area contributed by atoms with Gasteiger partial charge in [-0.3, -0.25) is 4.79 Å². The Hall–Kier alpha value is -2.28. The molecule has 126 valence electrons. The Morgan fingerprint density at radius 1 is 1.22 bits per heavy atom. The molecular weight excluding hydrogens is 302 g/mol. The number of rotatable bonds is 6. The SMILES string of the molecule is COc1ccccc1OC1(C(=O)O)CCN(C(=O)CCO)CC1. The minimum Gasteiger partial charge on any atom is -0.493 e. The molecule has 1 heterocycles. The van der Waals surface area contributed by atoms with Crippen molar-refractivity contribution in [1.82, 2.24) is 4.90 Å². The zero-order valence-corrected chi connectivity index (χ0v) is 13.0. The summed E-state index contributed by atoms with van der Waals surface area (Å²) in [5, 5.41) is 18.5. The summed E-state index contributed by atoms with van der Waals surface area (Å²) in [4.78, 5) is 25.1. The van der Waals surface area contributed by atoms with Gasteiger partial charge >= 0.3 is 5.97 Å². The molecule has 1 aromatic carbocycles. The highest BCUT2D eigenvalue weighted by Gasteiger charge is 2.45. The van der Waals surface area contributed by atoms with Crippen LogP contribution < -0.4 is 9.47 Å². The van der Waals surface area contributed by atoms with Gasteiger partial charge in [0.2, 0.25) is 11.5 Å². The van der Waals surface area contributed by atoms with Gasteiger partial charge in [0, 0.05) is 32.4 Å². The number of aliphatic hydroxyl groups is 1. The number of para-hydroxylation sites is 2. The van der Waals surface area contributed by atoms with Crippen molar-refractivity contribution in [3.8, 4) is 11.5 Å². The molecule has 1 aliphatic rings. The molecular formula is C16H21NO6. The smallest absolute Gasteiger partial charge is 0.348 e. The Balaban J connectivity index is 2.13. The van der Waals surface area contributed by atoms with Crippen molar-refractivity contribution in [3.63, 3.8) is 0 Å². The van der Waals surface area contributed by atoms with E-state index in [1.54, 1.807) is 29.2 Å². The van der Waals surface area contributed by atoms with Crippen molar-refractivity contribution in [2.75, 3.05) is 26.8 Å². The van der Waals surface area contributed by atoms with Crippen LogP contribution in [0.3, 0.4) is 0 Å². The molecule has 1 aliphatic heterocycles. The summed E-state index contributed by atoms with van der Waals surface area (Å²) in [5.74, 6) is -0.402. The molecule has 7 nitrogen and oxygen atoms in total. The van der Waals surface area contributed by atoms with E-state index in [1.165, 1.54) is 7.11 Å². The molecule has 0 saturated carbocycles. The standard InChI is InChI=1S/C16H21NO6/c1-22-12-4-2-3-5-13(12)23-16(15(20)21)7-9-17(10-8-16)14(19)6-11-18/h2-5,18H,6-11H2,1H3,(H,20,21). The first-order valence-electron chi connectivity index (χ1n) is 7.46. The average Bonchev–Trinajstić information content (AvgIpc) is 2.56. The maximum Gasteiger partial charge on any atom is 0.348 e. The number of carboxylic acid groups (broad SMARTS) is 1. The molecule has 1 amide bonds. The van der Waals surface area contributed by atoms with E-state index in [0.717, 1.165) is 0 Å². The number of carboxylic acids is 1. The van der Waals surface area contributed by atoms with Crippen LogP contribution in [0.15, 0.2) is 24.3 Å². The fourth-order valence-electron chi connectivity index (χ4n) is 2.64. The number of ether oxygens (including phenoxy) is 2. The van der Waals surface area contributed by atoms with Crippen molar-refractivity contribution in [2.24, 2.45) is 0 Å². The van der Waals surface area contributed by atoms with E-state index in [2.05, 4.69) is 0 Å². The van der Waals surface area contributed by atoms with Gasteiger partial charge in [-0.15, -0.1) is 0 Å². The van der Waals surface area contributed by atoms with Crippen LogP contribution in [-0.4, -0.2) is 59.4 Å². The summed E-state index contributed by atoms with van der Waals surface area (Å²) in [5.41, 5.74) is -1.38. The lowest BCUT2D eigenvalue weighted by Gasteiger charge is -2.39. The maximum absolute atomic E-state index is 11.8. The number of carbonyl (C=O) groups is 2. The molecule has 0 spiro atoms. The number of aliphatic carboxylic acids is 1. The number of hydrogen-bond acceptors (Lipinski definition) is 5. The zero-order valence-electron chi connectivity index (χ0n) is 13.0. The normalized spacial score (nSPS) is 16.7. The van der Waals surface area contributed by atoms with Crippen LogP contribution in [0.4, 0.5) is 0 Å². The van der Waals surface area contributed by atoms with Crippen molar-refractivity contribution in [2.45, 2.75) is 24.9 Å². The van der Waals surface area contributed by atoms with Crippen molar-refractivity contribution < 1.29 is 29.3 Å². The van der Waals surface area contributed by atoms with Crippen molar-refractivity contribution in [1.29, 1.82) is 0 Å². The number of likely N-dealkylation sites (tertiary alicyclic amines) is 1. The predicted molar refractivity (Wildman–Crippen MR) is 81.5 cm³/mol. The van der Waals surface area contributed by atoms with Crippen molar-refractivity contribution in [3.05, 3.63) is 24.3 Å². The molecule has 1 saturated heterocycles. The fraction of sp³-hybridized carbons (Fsp3) is 0.500. The number of aliphatic hydroxyl groups excluding tert-OH is 1. The first-order valence-corrected chi connectivity index (χ1v) is 7.46. The minimum atomic E-state index is -1.38. The summed E-state index contributed by atoms with van der Waals surface area (Å²) in [6, 6.07) is 6.88. The molecule has 2 rings (SSSR count). The molecule has 0 atom stereocenters. The summed E-state index contributed by atoms with van der Waals surface area (Å²) in [6.07, 6.45) is 0.405. The van der Waals surface area contributed by atoms with Crippen LogP contribution in [0, 0.1) is 0 Å². The van der Waals surface area contributed by atoms with Gasteiger partial charge in [0.1, 0.15) is 0 Å². The quantitative estimate of drug-likeness (QED) is 0.807. The van der Waals surface area contributed by atoms with E-state index in [4.69, 9.17) is 14.6 Å². The van der Waals surface area contributed by atoms with Crippen LogP contribution >= 0.6 is 0 Å². The van der Waals surface area contributed by atoms with Crippen LogP contribution in [0.25, 0.3) is 0 Å². The summed E-state index contributed by atoms with van der Waals surface area (Å²) < 4.78 is 11.0. The largest absolute Gasteiger partial charge is 0.493 e. The first kappa shape index (κ1) is 17.1. The third-order valence-electron chi connectivity index (χ3n) is 4.01. The average molecular weight is 323 g/mol. The van der Waals surface area contributed by atoms with Gasteiger partial charge in [-0.05, 0) is 12.1 Å². The van der Waals surface area contributed by atoms with E-state index >= 15 is 0 Å². The molecule has 0 aromatic heterocycles. The van der Waals surface area contributed by atoms with Crippen LogP contribution in [-0.2, 0) is 9.59 Å². The molecule has 0 radical (unpaired) electrons. The Bertz CT molecular complexity index is 565. The van der Waals surface area contributed by atoms with Gasteiger partial charge < -0.3 is 24.6 Å². The highest BCUT2D eigenvalue weighted by atomic mass is 16.5. The lowest BCUT2D eigenvalue weighted by molar-refractivity contribution is -0.162. The second kappa shape index (κ2) is 7.32. The predicted octanol–water partition coefficient (Wildman–Crippen LogP) is 0.902. The molecule has 0 unspecified atom stereocenters. The first-order chi connectivity index (χ1) is 11.0. The van der Waals surface area contributed by atoms with Gasteiger partial charge in [0.25, 0.3) is 0 Å². The van der Waals surface area contributed by atoms with Gasteiger partial charge in [0.05, 0.1) is 13.7 Å².